The maximum atomic E-state index is 11.6. The van der Waals surface area contributed by atoms with Crippen molar-refractivity contribution in [1.82, 2.24) is 10.2 Å². The molecular weight excluding hydrogens is 276 g/mol. The molecule has 1 aliphatic heterocycles. The van der Waals surface area contributed by atoms with Crippen LogP contribution in [0.3, 0.4) is 0 Å². The van der Waals surface area contributed by atoms with Gasteiger partial charge in [-0.2, -0.15) is 0 Å². The highest BCUT2D eigenvalue weighted by Crippen LogP contribution is 2.29. The molecule has 0 aromatic carbocycles. The maximum absolute atomic E-state index is 11.6. The number of nitrogens with zero attached hydrogens (tertiary/aromatic N) is 1. The molecule has 0 bridgehead atoms. The number of hydrogen-bond acceptors (Lipinski definition) is 2. The molecule has 15 heavy (non-hydrogen) atoms. The summed E-state index contributed by atoms with van der Waals surface area (Å²) < 4.78 is 1.08. The fourth-order valence-electron chi connectivity index (χ4n) is 1.67. The smallest absolute Gasteiger partial charge is 0.318 e. The van der Waals surface area contributed by atoms with E-state index in [-0.39, 0.29) is 18.1 Å². The van der Waals surface area contributed by atoms with E-state index in [0.29, 0.717) is 0 Å². The summed E-state index contributed by atoms with van der Waals surface area (Å²) in [5.41, 5.74) is 0. The van der Waals surface area contributed by atoms with Gasteiger partial charge in [0.1, 0.15) is 0 Å². The van der Waals surface area contributed by atoms with Crippen LogP contribution in [0.25, 0.3) is 0 Å². The van der Waals surface area contributed by atoms with Crippen LogP contribution in [0.5, 0.6) is 0 Å². The van der Waals surface area contributed by atoms with Gasteiger partial charge in [0.15, 0.2) is 0 Å². The van der Waals surface area contributed by atoms with Crippen molar-refractivity contribution >= 4 is 33.3 Å². The molecule has 0 aliphatic carbocycles. The van der Waals surface area contributed by atoms with E-state index >= 15 is 0 Å². The zero-order valence-electron chi connectivity index (χ0n) is 8.66. The second-order valence-corrected chi connectivity index (χ2v) is 5.77. The Kier molecular flexibility index (Phi) is 3.02. The number of halogens is 1. The number of amides is 2. The van der Waals surface area contributed by atoms with Crippen molar-refractivity contribution in [1.29, 1.82) is 0 Å². The van der Waals surface area contributed by atoms with E-state index in [9.17, 15) is 4.79 Å². The van der Waals surface area contributed by atoms with Gasteiger partial charge in [-0.05, 0) is 35.8 Å². The van der Waals surface area contributed by atoms with Crippen molar-refractivity contribution in [3.63, 3.8) is 0 Å². The van der Waals surface area contributed by atoms with Gasteiger partial charge in [0.25, 0.3) is 0 Å². The van der Waals surface area contributed by atoms with Crippen LogP contribution in [-0.2, 0) is 0 Å². The normalized spacial score (nSPS) is 21.2. The second kappa shape index (κ2) is 4.14. The van der Waals surface area contributed by atoms with E-state index in [4.69, 9.17) is 0 Å². The van der Waals surface area contributed by atoms with E-state index < -0.39 is 0 Å². The van der Waals surface area contributed by atoms with Gasteiger partial charge < -0.3 is 10.2 Å². The largest absolute Gasteiger partial charge is 0.329 e. The SMILES string of the molecule is CC(C)N1CC(c2cc(Br)cs2)NC1=O. The summed E-state index contributed by atoms with van der Waals surface area (Å²) in [6.45, 7) is 4.84. The van der Waals surface area contributed by atoms with E-state index in [1.54, 1.807) is 11.3 Å². The van der Waals surface area contributed by atoms with E-state index in [1.807, 2.05) is 24.1 Å². The molecular formula is C10H13BrN2OS. The molecule has 1 aromatic rings. The first-order valence-electron chi connectivity index (χ1n) is 4.89. The number of carbonyl (C=O) groups excluding carboxylic acids is 1. The molecule has 0 spiro atoms. The molecule has 82 valence electrons. The number of nitrogens with one attached hydrogen (secondary N) is 1. The third-order valence-corrected chi connectivity index (χ3v) is 4.30. The zero-order chi connectivity index (χ0) is 11.0. The Hall–Kier alpha value is -0.550. The van der Waals surface area contributed by atoms with Crippen LogP contribution in [0.4, 0.5) is 4.79 Å². The molecule has 1 fully saturated rings. The summed E-state index contributed by atoms with van der Waals surface area (Å²) in [6.07, 6.45) is 0. The highest BCUT2D eigenvalue weighted by molar-refractivity contribution is 9.10. The van der Waals surface area contributed by atoms with E-state index in [0.717, 1.165) is 11.0 Å². The Labute approximate surface area is 102 Å². The topological polar surface area (TPSA) is 32.3 Å². The predicted octanol–water partition coefficient (Wildman–Crippen LogP) is 2.99. The summed E-state index contributed by atoms with van der Waals surface area (Å²) in [4.78, 5) is 14.7. The molecule has 2 rings (SSSR count). The van der Waals surface area contributed by atoms with Crippen molar-refractivity contribution in [2.75, 3.05) is 6.54 Å². The molecule has 2 amide bonds. The van der Waals surface area contributed by atoms with Gasteiger partial charge in [-0.3, -0.25) is 0 Å². The molecule has 1 N–H and O–H groups in total. The number of rotatable bonds is 2. The predicted molar refractivity (Wildman–Crippen MR) is 65.1 cm³/mol. The first kappa shape index (κ1) is 11.0. The Morgan fingerprint density at radius 1 is 1.67 bits per heavy atom. The van der Waals surface area contributed by atoms with Crippen molar-refractivity contribution in [3.05, 3.63) is 20.8 Å². The molecule has 3 nitrogen and oxygen atoms in total. The van der Waals surface area contributed by atoms with Crippen molar-refractivity contribution < 1.29 is 4.79 Å². The Morgan fingerprint density at radius 3 is 2.87 bits per heavy atom. The summed E-state index contributed by atoms with van der Waals surface area (Å²) in [5, 5.41) is 5.03. The average molecular weight is 289 g/mol. The number of hydrogen-bond donors (Lipinski definition) is 1. The van der Waals surface area contributed by atoms with Crippen LogP contribution in [0.15, 0.2) is 15.9 Å². The van der Waals surface area contributed by atoms with Crippen LogP contribution in [0.2, 0.25) is 0 Å². The third-order valence-electron chi connectivity index (χ3n) is 2.49. The molecule has 1 unspecified atom stereocenters. The summed E-state index contributed by atoms with van der Waals surface area (Å²) >= 11 is 5.10. The van der Waals surface area contributed by atoms with Crippen LogP contribution in [0, 0.1) is 0 Å². The molecule has 1 saturated heterocycles. The lowest BCUT2D eigenvalue weighted by Gasteiger charge is -2.18. The number of carbonyl (C=O) groups is 1. The number of urea groups is 1. The van der Waals surface area contributed by atoms with Crippen LogP contribution in [-0.4, -0.2) is 23.5 Å². The highest BCUT2D eigenvalue weighted by Gasteiger charge is 2.31. The lowest BCUT2D eigenvalue weighted by molar-refractivity contribution is 0.206. The standard InChI is InChI=1S/C10H13BrN2OS/c1-6(2)13-4-8(12-10(13)14)9-3-7(11)5-15-9/h3,5-6,8H,4H2,1-2H3,(H,12,14). The van der Waals surface area contributed by atoms with Gasteiger partial charge in [0.05, 0.1) is 6.04 Å². The van der Waals surface area contributed by atoms with Crippen LogP contribution >= 0.6 is 27.3 Å². The highest BCUT2D eigenvalue weighted by atomic mass is 79.9. The van der Waals surface area contributed by atoms with Gasteiger partial charge >= 0.3 is 6.03 Å². The molecule has 0 saturated carbocycles. The molecule has 1 aromatic heterocycles. The van der Waals surface area contributed by atoms with E-state index in [1.165, 1.54) is 4.88 Å². The summed E-state index contributed by atoms with van der Waals surface area (Å²) in [6, 6.07) is 2.52. The maximum Gasteiger partial charge on any atom is 0.318 e. The number of thiophene rings is 1. The quantitative estimate of drug-likeness (QED) is 0.892. The fraction of sp³-hybridized carbons (Fsp3) is 0.500. The fourth-order valence-corrected chi connectivity index (χ4v) is 3.16. The Morgan fingerprint density at radius 2 is 2.40 bits per heavy atom. The first-order chi connectivity index (χ1) is 7.08. The lowest BCUT2D eigenvalue weighted by Crippen LogP contribution is -2.33. The van der Waals surface area contributed by atoms with Gasteiger partial charge in [-0.25, -0.2) is 4.79 Å². The Bertz CT molecular complexity index is 377. The molecule has 1 atom stereocenters. The first-order valence-corrected chi connectivity index (χ1v) is 6.56. The lowest BCUT2D eigenvalue weighted by atomic mass is 10.2. The van der Waals surface area contributed by atoms with Gasteiger partial charge in [-0.1, -0.05) is 0 Å². The minimum absolute atomic E-state index is 0.0412. The van der Waals surface area contributed by atoms with Crippen LogP contribution < -0.4 is 5.32 Å². The summed E-state index contributed by atoms with van der Waals surface area (Å²) in [5.74, 6) is 0. The Balaban J connectivity index is 2.12. The second-order valence-electron chi connectivity index (χ2n) is 3.92. The van der Waals surface area contributed by atoms with Crippen molar-refractivity contribution in [2.24, 2.45) is 0 Å². The van der Waals surface area contributed by atoms with Gasteiger partial charge in [0, 0.05) is 27.3 Å². The molecule has 2 heterocycles. The molecule has 0 radical (unpaired) electrons. The minimum atomic E-state index is 0.0412. The van der Waals surface area contributed by atoms with Crippen LogP contribution in [0.1, 0.15) is 24.8 Å². The van der Waals surface area contributed by atoms with Gasteiger partial charge in [0.2, 0.25) is 0 Å². The van der Waals surface area contributed by atoms with Crippen molar-refractivity contribution in [2.45, 2.75) is 25.9 Å². The minimum Gasteiger partial charge on any atom is -0.329 e. The van der Waals surface area contributed by atoms with Gasteiger partial charge in [-0.15, -0.1) is 11.3 Å². The zero-order valence-corrected chi connectivity index (χ0v) is 11.1. The third kappa shape index (κ3) is 2.18. The molecule has 1 aliphatic rings. The average Bonchev–Trinajstić information content (AvgIpc) is 2.71. The van der Waals surface area contributed by atoms with Crippen molar-refractivity contribution in [3.8, 4) is 0 Å². The monoisotopic (exact) mass is 288 g/mol. The molecule has 5 heteroatoms. The van der Waals surface area contributed by atoms with E-state index in [2.05, 4.69) is 27.3 Å². The summed E-state index contributed by atoms with van der Waals surface area (Å²) in [7, 11) is 0.